The summed E-state index contributed by atoms with van der Waals surface area (Å²) in [5.41, 5.74) is 2.94. The number of hydrogen-bond donors (Lipinski definition) is 1. The fraction of sp³-hybridized carbons (Fsp3) is 0.360. The van der Waals surface area contributed by atoms with Crippen LogP contribution in [-0.2, 0) is 22.4 Å². The Morgan fingerprint density at radius 3 is 2.76 bits per heavy atom. The average molecular weight is 500 g/mol. The first-order valence-electron chi connectivity index (χ1n) is 11.3. The molecule has 9 heteroatoms. The molecule has 0 saturated heterocycles. The maximum absolute atomic E-state index is 13.2. The first-order valence-corrected chi connectivity index (χ1v) is 13.1. The summed E-state index contributed by atoms with van der Waals surface area (Å²) in [7, 11) is 0. The van der Waals surface area contributed by atoms with Crippen LogP contribution in [0.15, 0.2) is 41.7 Å². The monoisotopic (exact) mass is 499 g/mol. The van der Waals surface area contributed by atoms with Gasteiger partial charge in [-0.25, -0.2) is 19.2 Å². The highest BCUT2D eigenvalue weighted by molar-refractivity contribution is 7.99. The summed E-state index contributed by atoms with van der Waals surface area (Å²) in [6.07, 6.45) is 5.51. The molecule has 0 bridgehead atoms. The molecule has 0 aliphatic heterocycles. The number of nitrogens with one attached hydrogen (secondary N) is 1. The van der Waals surface area contributed by atoms with E-state index in [-0.39, 0.29) is 30.1 Å². The van der Waals surface area contributed by atoms with Crippen LogP contribution in [0.2, 0.25) is 0 Å². The van der Waals surface area contributed by atoms with Crippen LogP contribution in [-0.4, -0.2) is 34.2 Å². The maximum atomic E-state index is 13.2. The van der Waals surface area contributed by atoms with E-state index in [2.05, 4.69) is 22.2 Å². The zero-order valence-corrected chi connectivity index (χ0v) is 20.7. The number of thiophene rings is 1. The number of thioether (sulfide) groups is 1. The fourth-order valence-electron chi connectivity index (χ4n) is 3.99. The molecule has 0 unspecified atom stereocenters. The van der Waals surface area contributed by atoms with Gasteiger partial charge in [-0.2, -0.15) is 0 Å². The number of anilines is 1. The highest BCUT2D eigenvalue weighted by Crippen LogP contribution is 2.41. The van der Waals surface area contributed by atoms with Crippen molar-refractivity contribution in [1.29, 1.82) is 0 Å². The molecule has 0 spiro atoms. The van der Waals surface area contributed by atoms with Gasteiger partial charge in [0.2, 0.25) is 5.91 Å². The van der Waals surface area contributed by atoms with Gasteiger partial charge >= 0.3 is 5.97 Å². The predicted octanol–water partition coefficient (Wildman–Crippen LogP) is 5.77. The topological polar surface area (TPSA) is 81.2 Å². The molecule has 1 N–H and O–H groups in total. The smallest absolute Gasteiger partial charge is 0.341 e. The van der Waals surface area contributed by atoms with Crippen LogP contribution < -0.4 is 5.32 Å². The predicted molar refractivity (Wildman–Crippen MR) is 133 cm³/mol. The Bertz CT molecular complexity index is 1180. The molecule has 178 valence electrons. The zero-order chi connectivity index (χ0) is 24.1. The van der Waals surface area contributed by atoms with E-state index in [0.717, 1.165) is 36.8 Å². The Labute approximate surface area is 206 Å². The number of ether oxygens (including phenoxy) is 1. The Morgan fingerprint density at radius 2 is 2.03 bits per heavy atom. The number of halogens is 1. The lowest BCUT2D eigenvalue weighted by Crippen LogP contribution is -2.18. The van der Waals surface area contributed by atoms with Gasteiger partial charge in [0.1, 0.15) is 10.8 Å². The third kappa shape index (κ3) is 5.64. The summed E-state index contributed by atoms with van der Waals surface area (Å²) < 4.78 is 18.5. The summed E-state index contributed by atoms with van der Waals surface area (Å²) in [4.78, 5) is 35.3. The molecule has 1 aliphatic carbocycles. The molecule has 1 atom stereocenters. The lowest BCUT2D eigenvalue weighted by atomic mass is 9.85. The van der Waals surface area contributed by atoms with Gasteiger partial charge < -0.3 is 10.1 Å². The van der Waals surface area contributed by atoms with E-state index in [1.165, 1.54) is 40.1 Å². The number of hydrogen-bond acceptors (Lipinski definition) is 7. The minimum absolute atomic E-state index is 0.0925. The lowest BCUT2D eigenvalue weighted by Gasteiger charge is -2.20. The molecule has 1 aromatic carbocycles. The summed E-state index contributed by atoms with van der Waals surface area (Å²) in [6.45, 7) is 4.24. The number of nitrogens with zero attached hydrogens (tertiary/aromatic N) is 2. The number of carbonyl (C=O) groups excluding carboxylic acids is 2. The largest absolute Gasteiger partial charge is 0.462 e. The van der Waals surface area contributed by atoms with Gasteiger partial charge in [-0.1, -0.05) is 25.1 Å². The van der Waals surface area contributed by atoms with Crippen molar-refractivity contribution in [2.45, 2.75) is 44.7 Å². The van der Waals surface area contributed by atoms with Crippen molar-refractivity contribution >= 4 is 40.0 Å². The van der Waals surface area contributed by atoms with E-state index in [4.69, 9.17) is 4.74 Å². The third-order valence-electron chi connectivity index (χ3n) is 5.78. The van der Waals surface area contributed by atoms with E-state index in [1.807, 2.05) is 0 Å². The SMILES string of the molecule is CCOC(=O)c1c(NC(=O)CSc2nccc(-c3ccc(F)cc3)n2)sc2c1CC[C@H](CC)C2. The van der Waals surface area contributed by atoms with Gasteiger partial charge in [-0.3, -0.25) is 4.79 Å². The summed E-state index contributed by atoms with van der Waals surface area (Å²) in [5, 5.41) is 3.93. The fourth-order valence-corrected chi connectivity index (χ4v) is 5.99. The Hall–Kier alpha value is -2.78. The Balaban J connectivity index is 1.46. The molecule has 6 nitrogen and oxygen atoms in total. The van der Waals surface area contributed by atoms with Gasteiger partial charge in [-0.05, 0) is 68.0 Å². The van der Waals surface area contributed by atoms with Crippen molar-refractivity contribution in [3.63, 3.8) is 0 Å². The highest BCUT2D eigenvalue weighted by Gasteiger charge is 2.29. The standard InChI is InChI=1S/C25H26FN3O3S2/c1-3-15-5-10-18-20(13-15)34-23(22(18)24(31)32-4-2)29-21(30)14-33-25-27-12-11-19(28-25)16-6-8-17(26)9-7-16/h6-9,11-12,15H,3-5,10,13-14H2,1-2H3,(H,29,30)/t15-/m0/s1. The average Bonchev–Trinajstić information content (AvgIpc) is 3.20. The summed E-state index contributed by atoms with van der Waals surface area (Å²) >= 11 is 2.69. The van der Waals surface area contributed by atoms with Crippen molar-refractivity contribution in [3.05, 3.63) is 58.3 Å². The van der Waals surface area contributed by atoms with Crippen molar-refractivity contribution in [1.82, 2.24) is 9.97 Å². The molecule has 3 aromatic rings. The van der Waals surface area contributed by atoms with Crippen LogP contribution in [0, 0.1) is 11.7 Å². The van der Waals surface area contributed by atoms with Crippen molar-refractivity contribution in [2.75, 3.05) is 17.7 Å². The van der Waals surface area contributed by atoms with Crippen LogP contribution in [0.5, 0.6) is 0 Å². The second-order valence-corrected chi connectivity index (χ2v) is 10.1. The second-order valence-electron chi connectivity index (χ2n) is 8.01. The Kier molecular flexibility index (Phi) is 7.95. The number of benzene rings is 1. The number of rotatable bonds is 8. The zero-order valence-electron chi connectivity index (χ0n) is 19.1. The highest BCUT2D eigenvalue weighted by atomic mass is 32.2. The van der Waals surface area contributed by atoms with Gasteiger partial charge in [0.05, 0.1) is 23.6 Å². The van der Waals surface area contributed by atoms with E-state index < -0.39 is 0 Å². The minimum Gasteiger partial charge on any atom is -0.462 e. The number of esters is 1. The number of fused-ring (bicyclic) bond motifs is 1. The molecule has 2 aromatic heterocycles. The summed E-state index contributed by atoms with van der Waals surface area (Å²) in [6, 6.07) is 7.79. The summed E-state index contributed by atoms with van der Waals surface area (Å²) in [5.74, 6) is -0.238. The van der Waals surface area contributed by atoms with Crippen molar-refractivity contribution in [3.8, 4) is 11.3 Å². The van der Waals surface area contributed by atoms with E-state index in [9.17, 15) is 14.0 Å². The molecular weight excluding hydrogens is 473 g/mol. The molecule has 4 rings (SSSR count). The van der Waals surface area contributed by atoms with E-state index >= 15 is 0 Å². The van der Waals surface area contributed by atoms with E-state index in [1.54, 1.807) is 31.3 Å². The quantitative estimate of drug-likeness (QED) is 0.241. The molecule has 0 radical (unpaired) electrons. The second kappa shape index (κ2) is 11.1. The molecule has 34 heavy (non-hydrogen) atoms. The molecular formula is C25H26FN3O3S2. The van der Waals surface area contributed by atoms with Crippen LogP contribution in [0.1, 0.15) is 47.5 Å². The maximum Gasteiger partial charge on any atom is 0.341 e. The first kappa shape index (κ1) is 24.3. The Morgan fingerprint density at radius 1 is 1.24 bits per heavy atom. The number of amides is 1. The van der Waals surface area contributed by atoms with Crippen LogP contribution in [0.4, 0.5) is 9.39 Å². The van der Waals surface area contributed by atoms with Crippen molar-refractivity contribution < 1.29 is 18.7 Å². The molecule has 2 heterocycles. The van der Waals surface area contributed by atoms with Crippen molar-refractivity contribution in [2.24, 2.45) is 5.92 Å². The van der Waals surface area contributed by atoms with Gasteiger partial charge in [0, 0.05) is 16.6 Å². The van der Waals surface area contributed by atoms with Gasteiger partial charge in [-0.15, -0.1) is 11.3 Å². The molecule has 0 fully saturated rings. The van der Waals surface area contributed by atoms with Crippen LogP contribution in [0.25, 0.3) is 11.3 Å². The molecule has 1 aliphatic rings. The number of carbonyl (C=O) groups is 2. The molecule has 0 saturated carbocycles. The molecule has 1 amide bonds. The lowest BCUT2D eigenvalue weighted by molar-refractivity contribution is -0.113. The van der Waals surface area contributed by atoms with Crippen LogP contribution in [0.3, 0.4) is 0 Å². The van der Waals surface area contributed by atoms with Crippen LogP contribution >= 0.6 is 23.1 Å². The third-order valence-corrected chi connectivity index (χ3v) is 7.81. The van der Waals surface area contributed by atoms with Gasteiger partial charge in [0.25, 0.3) is 0 Å². The minimum atomic E-state index is -0.381. The normalized spacial score (nSPS) is 15.0. The first-order chi connectivity index (χ1) is 16.5. The van der Waals surface area contributed by atoms with E-state index in [0.29, 0.717) is 27.3 Å². The van der Waals surface area contributed by atoms with Gasteiger partial charge in [0.15, 0.2) is 5.16 Å². The number of aromatic nitrogens is 2.